The molecule has 0 bridgehead atoms. The zero-order valence-electron chi connectivity index (χ0n) is 17.2. The Morgan fingerprint density at radius 2 is 2.06 bits per heavy atom. The fourth-order valence-corrected chi connectivity index (χ4v) is 4.65. The number of rotatable bonds is 4. The SMILES string of the molecule is Cc1c(Cl)cccc1C1=CCN(c2ncn(CC3=CC=C(C(F)(F)F)SC3)c(=O)n2)CC1. The number of allylic oxidation sites excluding steroid dienone is 3. The van der Waals surface area contributed by atoms with Crippen molar-refractivity contribution in [3.05, 3.63) is 79.9 Å². The molecule has 0 unspecified atom stereocenters. The summed E-state index contributed by atoms with van der Waals surface area (Å²) in [5, 5.41) is 0.731. The minimum absolute atomic E-state index is 0.159. The molecule has 0 aliphatic carbocycles. The maximum absolute atomic E-state index is 12.7. The molecular weight excluding hydrogens is 461 g/mol. The number of benzene rings is 1. The van der Waals surface area contributed by atoms with E-state index in [4.69, 9.17) is 11.6 Å². The molecular formula is C22H20ClF3N4OS. The van der Waals surface area contributed by atoms with Crippen molar-refractivity contribution in [3.8, 4) is 0 Å². The van der Waals surface area contributed by atoms with E-state index >= 15 is 0 Å². The van der Waals surface area contributed by atoms with Crippen LogP contribution >= 0.6 is 23.4 Å². The van der Waals surface area contributed by atoms with Crippen LogP contribution in [0.5, 0.6) is 0 Å². The monoisotopic (exact) mass is 480 g/mol. The molecule has 3 heterocycles. The molecule has 2 aromatic rings. The average molecular weight is 481 g/mol. The molecule has 2 aliphatic rings. The second-order valence-corrected chi connectivity index (χ2v) is 8.97. The molecule has 0 fully saturated rings. The molecule has 32 heavy (non-hydrogen) atoms. The first-order chi connectivity index (χ1) is 15.2. The highest BCUT2D eigenvalue weighted by atomic mass is 35.5. The molecule has 10 heteroatoms. The van der Waals surface area contributed by atoms with E-state index < -0.39 is 16.8 Å². The van der Waals surface area contributed by atoms with E-state index in [1.165, 1.54) is 22.5 Å². The highest BCUT2D eigenvalue weighted by Crippen LogP contribution is 2.37. The van der Waals surface area contributed by atoms with Crippen LogP contribution in [0.4, 0.5) is 19.1 Å². The Balaban J connectivity index is 1.45. The average Bonchev–Trinajstić information content (AvgIpc) is 2.77. The lowest BCUT2D eigenvalue weighted by molar-refractivity contribution is -0.0836. The lowest BCUT2D eigenvalue weighted by Gasteiger charge is -2.27. The van der Waals surface area contributed by atoms with Crippen molar-refractivity contribution in [1.82, 2.24) is 14.5 Å². The Hall–Kier alpha value is -2.52. The Morgan fingerprint density at radius 3 is 2.69 bits per heavy atom. The topological polar surface area (TPSA) is 51.0 Å². The maximum atomic E-state index is 12.7. The van der Waals surface area contributed by atoms with Gasteiger partial charge in [0.2, 0.25) is 5.95 Å². The summed E-state index contributed by atoms with van der Waals surface area (Å²) in [7, 11) is 0. The molecule has 0 atom stereocenters. The molecule has 1 aromatic heterocycles. The standard InChI is InChI=1S/C22H20ClF3N4OS/c1-14-17(3-2-4-18(14)23)16-7-9-29(10-8-16)20-27-13-30(21(31)28-20)11-15-5-6-19(32-12-15)22(24,25)26/h2-7,13H,8-12H2,1H3. The quantitative estimate of drug-likeness (QED) is 0.615. The number of anilines is 1. The molecule has 0 N–H and O–H groups in total. The van der Waals surface area contributed by atoms with Gasteiger partial charge in [0.25, 0.3) is 0 Å². The highest BCUT2D eigenvalue weighted by molar-refractivity contribution is 8.03. The van der Waals surface area contributed by atoms with E-state index in [-0.39, 0.29) is 12.3 Å². The Bertz CT molecular complexity index is 1190. The summed E-state index contributed by atoms with van der Waals surface area (Å²) in [6, 6.07) is 5.85. The fourth-order valence-electron chi connectivity index (χ4n) is 3.61. The summed E-state index contributed by atoms with van der Waals surface area (Å²) < 4.78 is 39.5. The Morgan fingerprint density at radius 1 is 1.25 bits per heavy atom. The van der Waals surface area contributed by atoms with Crippen LogP contribution in [0.2, 0.25) is 5.02 Å². The third kappa shape index (κ3) is 4.94. The largest absolute Gasteiger partial charge is 0.422 e. The molecule has 0 saturated carbocycles. The number of halogens is 4. The van der Waals surface area contributed by atoms with Gasteiger partial charge >= 0.3 is 11.9 Å². The highest BCUT2D eigenvalue weighted by Gasteiger charge is 2.34. The summed E-state index contributed by atoms with van der Waals surface area (Å²) in [6.45, 7) is 3.38. The Labute approximate surface area is 192 Å². The van der Waals surface area contributed by atoms with Crippen LogP contribution in [0.1, 0.15) is 17.5 Å². The third-order valence-corrected chi connectivity index (χ3v) is 7.00. The summed E-state index contributed by atoms with van der Waals surface area (Å²) in [4.78, 5) is 22.2. The first-order valence-corrected chi connectivity index (χ1v) is 11.3. The molecule has 0 radical (unpaired) electrons. The third-order valence-electron chi connectivity index (χ3n) is 5.40. The predicted octanol–water partition coefficient (Wildman–Crippen LogP) is 5.01. The minimum atomic E-state index is -4.34. The lowest BCUT2D eigenvalue weighted by Crippen LogP contribution is -2.34. The van der Waals surface area contributed by atoms with Crippen molar-refractivity contribution in [2.24, 2.45) is 0 Å². The van der Waals surface area contributed by atoms with Gasteiger partial charge in [-0.3, -0.25) is 4.57 Å². The number of aromatic nitrogens is 3. The minimum Gasteiger partial charge on any atom is -0.337 e. The Kier molecular flexibility index (Phi) is 6.48. The van der Waals surface area contributed by atoms with Gasteiger partial charge in [0.15, 0.2) is 0 Å². The molecule has 0 saturated heterocycles. The van der Waals surface area contributed by atoms with Gasteiger partial charge < -0.3 is 4.90 Å². The molecule has 5 nitrogen and oxygen atoms in total. The van der Waals surface area contributed by atoms with Gasteiger partial charge in [0, 0.05) is 23.9 Å². The second-order valence-electron chi connectivity index (χ2n) is 7.55. The van der Waals surface area contributed by atoms with E-state index in [2.05, 4.69) is 16.0 Å². The number of alkyl halides is 3. The van der Waals surface area contributed by atoms with Crippen LogP contribution < -0.4 is 10.6 Å². The van der Waals surface area contributed by atoms with E-state index in [1.54, 1.807) is 0 Å². The van der Waals surface area contributed by atoms with Gasteiger partial charge in [-0.1, -0.05) is 35.9 Å². The van der Waals surface area contributed by atoms with Gasteiger partial charge in [-0.25, -0.2) is 9.78 Å². The first kappa shape index (κ1) is 22.7. The fraction of sp³-hybridized carbons (Fsp3) is 0.318. The van der Waals surface area contributed by atoms with Crippen molar-refractivity contribution >= 4 is 34.9 Å². The maximum Gasteiger partial charge on any atom is 0.422 e. The number of hydrogen-bond acceptors (Lipinski definition) is 5. The summed E-state index contributed by atoms with van der Waals surface area (Å²) in [5.74, 6) is 0.512. The zero-order chi connectivity index (χ0) is 22.9. The first-order valence-electron chi connectivity index (χ1n) is 9.95. The van der Waals surface area contributed by atoms with Gasteiger partial charge in [-0.2, -0.15) is 18.2 Å². The van der Waals surface area contributed by atoms with Crippen LogP contribution in [0.25, 0.3) is 5.57 Å². The van der Waals surface area contributed by atoms with E-state index in [0.29, 0.717) is 24.6 Å². The van der Waals surface area contributed by atoms with Gasteiger partial charge in [0.05, 0.1) is 11.4 Å². The van der Waals surface area contributed by atoms with Crippen LogP contribution in [0.3, 0.4) is 0 Å². The number of nitrogens with zero attached hydrogens (tertiary/aromatic N) is 4. The number of hydrogen-bond donors (Lipinski definition) is 0. The molecule has 0 amide bonds. The molecule has 4 rings (SSSR count). The zero-order valence-corrected chi connectivity index (χ0v) is 18.8. The van der Waals surface area contributed by atoms with Gasteiger partial charge in [0.1, 0.15) is 6.33 Å². The van der Waals surface area contributed by atoms with Crippen molar-refractivity contribution in [2.45, 2.75) is 26.1 Å². The smallest absolute Gasteiger partial charge is 0.337 e. The summed E-state index contributed by atoms with van der Waals surface area (Å²) >= 11 is 6.95. The summed E-state index contributed by atoms with van der Waals surface area (Å²) in [5.41, 5.74) is 3.58. The van der Waals surface area contributed by atoms with E-state index in [9.17, 15) is 18.0 Å². The van der Waals surface area contributed by atoms with Crippen LogP contribution in [-0.4, -0.2) is 39.6 Å². The lowest BCUT2D eigenvalue weighted by atomic mass is 9.96. The predicted molar refractivity (Wildman–Crippen MR) is 122 cm³/mol. The molecule has 0 spiro atoms. The van der Waals surface area contributed by atoms with Crippen LogP contribution in [0, 0.1) is 6.92 Å². The van der Waals surface area contributed by atoms with E-state index in [0.717, 1.165) is 40.4 Å². The van der Waals surface area contributed by atoms with Crippen LogP contribution in [0.15, 0.2) is 58.0 Å². The molecule has 2 aliphatic heterocycles. The van der Waals surface area contributed by atoms with E-state index in [1.807, 2.05) is 30.0 Å². The van der Waals surface area contributed by atoms with Crippen LogP contribution in [-0.2, 0) is 6.54 Å². The molecule has 168 valence electrons. The van der Waals surface area contributed by atoms with Gasteiger partial charge in [-0.15, -0.1) is 11.8 Å². The van der Waals surface area contributed by atoms with Crippen molar-refractivity contribution in [1.29, 1.82) is 0 Å². The van der Waals surface area contributed by atoms with Gasteiger partial charge in [-0.05, 0) is 47.8 Å². The molecule has 1 aromatic carbocycles. The van der Waals surface area contributed by atoms with Crippen molar-refractivity contribution in [2.75, 3.05) is 23.7 Å². The van der Waals surface area contributed by atoms with Crippen molar-refractivity contribution in [3.63, 3.8) is 0 Å². The normalized spacial score (nSPS) is 17.0. The summed E-state index contributed by atoms with van der Waals surface area (Å²) in [6.07, 6.45) is 2.37. The number of thioether (sulfide) groups is 1. The van der Waals surface area contributed by atoms with Crippen molar-refractivity contribution < 1.29 is 13.2 Å². The second kappa shape index (κ2) is 9.15.